The fourth-order valence-electron chi connectivity index (χ4n) is 5.80. The van der Waals surface area contributed by atoms with Gasteiger partial charge in [-0.25, -0.2) is 0 Å². The summed E-state index contributed by atoms with van der Waals surface area (Å²) in [5.41, 5.74) is 1.11. The predicted octanol–water partition coefficient (Wildman–Crippen LogP) is 4.26. The Labute approximate surface area is 106 Å². The van der Waals surface area contributed by atoms with Gasteiger partial charge in [-0.2, -0.15) is 0 Å². The molecule has 5 unspecified atom stereocenters. The van der Waals surface area contributed by atoms with E-state index >= 15 is 0 Å². The minimum Gasteiger partial charge on any atom is -0.378 e. The maximum atomic E-state index is 6.05. The molecule has 0 aromatic carbocycles. The van der Waals surface area contributed by atoms with Crippen LogP contribution in [0.2, 0.25) is 0 Å². The van der Waals surface area contributed by atoms with E-state index < -0.39 is 0 Å². The number of fused-ring (bicyclic) bond motifs is 3. The van der Waals surface area contributed by atoms with E-state index in [2.05, 4.69) is 27.7 Å². The maximum Gasteiger partial charge on any atom is 0.0612 e. The summed E-state index contributed by atoms with van der Waals surface area (Å²) in [4.78, 5) is 0. The molecule has 3 aliphatic rings. The summed E-state index contributed by atoms with van der Waals surface area (Å²) in [5, 5.41) is 0. The quantitative estimate of drug-likeness (QED) is 0.610. The van der Waals surface area contributed by atoms with Gasteiger partial charge in [0.05, 0.1) is 6.10 Å². The van der Waals surface area contributed by atoms with Crippen molar-refractivity contribution in [2.24, 2.45) is 28.6 Å². The van der Waals surface area contributed by atoms with Gasteiger partial charge in [0, 0.05) is 6.61 Å². The Morgan fingerprint density at radius 2 is 1.82 bits per heavy atom. The standard InChI is InChI=1S/C16H28O/c1-11-10-17-12-6-7-13-15(2,3)8-5-9-16(13,4)14(11)12/h11-14H,5-10H2,1-4H3. The Hall–Kier alpha value is -0.0400. The SMILES string of the molecule is CC1COC2CCC3C(C)(C)CCCC3(C)C12. The van der Waals surface area contributed by atoms with Gasteiger partial charge in [0.1, 0.15) is 0 Å². The molecule has 0 N–H and O–H groups in total. The molecule has 2 aliphatic carbocycles. The first kappa shape index (κ1) is 12.0. The summed E-state index contributed by atoms with van der Waals surface area (Å²) < 4.78 is 6.05. The van der Waals surface area contributed by atoms with E-state index in [1.807, 2.05) is 0 Å². The topological polar surface area (TPSA) is 9.23 Å². The van der Waals surface area contributed by atoms with E-state index in [1.165, 1.54) is 32.1 Å². The van der Waals surface area contributed by atoms with Gasteiger partial charge in [0.2, 0.25) is 0 Å². The van der Waals surface area contributed by atoms with Crippen LogP contribution in [-0.4, -0.2) is 12.7 Å². The third-order valence-corrected chi connectivity index (χ3v) is 6.36. The molecule has 1 aliphatic heterocycles. The highest BCUT2D eigenvalue weighted by Gasteiger charge is 2.57. The average Bonchev–Trinajstić information content (AvgIpc) is 2.60. The van der Waals surface area contributed by atoms with Crippen molar-refractivity contribution in [3.05, 3.63) is 0 Å². The molecule has 1 heterocycles. The van der Waals surface area contributed by atoms with Crippen LogP contribution in [0.25, 0.3) is 0 Å². The van der Waals surface area contributed by atoms with Crippen LogP contribution in [0.1, 0.15) is 59.8 Å². The third-order valence-electron chi connectivity index (χ3n) is 6.36. The first-order valence-electron chi connectivity index (χ1n) is 7.57. The second kappa shape index (κ2) is 3.73. The molecule has 0 amide bonds. The Balaban J connectivity index is 1.96. The van der Waals surface area contributed by atoms with E-state index in [4.69, 9.17) is 4.74 Å². The summed E-state index contributed by atoms with van der Waals surface area (Å²) in [6.45, 7) is 11.0. The number of hydrogen-bond acceptors (Lipinski definition) is 1. The van der Waals surface area contributed by atoms with Gasteiger partial charge < -0.3 is 4.74 Å². The Bertz CT molecular complexity index is 305. The molecule has 0 aromatic heterocycles. The molecule has 0 radical (unpaired) electrons. The second-order valence-electron chi connectivity index (χ2n) is 7.85. The Morgan fingerprint density at radius 1 is 1.06 bits per heavy atom. The molecule has 1 nitrogen and oxygen atoms in total. The van der Waals surface area contributed by atoms with E-state index in [0.29, 0.717) is 16.9 Å². The summed E-state index contributed by atoms with van der Waals surface area (Å²) in [6, 6.07) is 0. The molecule has 5 atom stereocenters. The van der Waals surface area contributed by atoms with Gasteiger partial charge in [-0.3, -0.25) is 0 Å². The van der Waals surface area contributed by atoms with Crippen molar-refractivity contribution >= 4 is 0 Å². The Morgan fingerprint density at radius 3 is 2.59 bits per heavy atom. The molecule has 3 fully saturated rings. The molecule has 0 bridgehead atoms. The zero-order chi connectivity index (χ0) is 12.3. The highest BCUT2D eigenvalue weighted by molar-refractivity contribution is 5.06. The highest BCUT2D eigenvalue weighted by atomic mass is 16.5. The van der Waals surface area contributed by atoms with Crippen molar-refractivity contribution in [2.75, 3.05) is 6.61 Å². The van der Waals surface area contributed by atoms with Crippen molar-refractivity contribution in [1.82, 2.24) is 0 Å². The first-order chi connectivity index (χ1) is 7.95. The van der Waals surface area contributed by atoms with Crippen LogP contribution >= 0.6 is 0 Å². The van der Waals surface area contributed by atoms with E-state index in [-0.39, 0.29) is 0 Å². The number of ether oxygens (including phenoxy) is 1. The van der Waals surface area contributed by atoms with E-state index in [0.717, 1.165) is 24.4 Å². The van der Waals surface area contributed by atoms with Gasteiger partial charge in [0.25, 0.3) is 0 Å². The first-order valence-corrected chi connectivity index (χ1v) is 7.57. The molecule has 3 rings (SSSR count). The third kappa shape index (κ3) is 1.61. The van der Waals surface area contributed by atoms with Crippen molar-refractivity contribution in [2.45, 2.75) is 65.9 Å². The molecule has 0 spiro atoms. The molecule has 1 saturated heterocycles. The van der Waals surface area contributed by atoms with Crippen molar-refractivity contribution in [3.63, 3.8) is 0 Å². The lowest BCUT2D eigenvalue weighted by atomic mass is 9.47. The van der Waals surface area contributed by atoms with Gasteiger partial charge in [-0.05, 0) is 54.3 Å². The van der Waals surface area contributed by atoms with Crippen LogP contribution in [0.15, 0.2) is 0 Å². The van der Waals surface area contributed by atoms with Crippen LogP contribution < -0.4 is 0 Å². The predicted molar refractivity (Wildman–Crippen MR) is 70.9 cm³/mol. The normalized spacial score (nSPS) is 52.9. The van der Waals surface area contributed by atoms with Crippen molar-refractivity contribution in [1.29, 1.82) is 0 Å². The van der Waals surface area contributed by atoms with E-state index in [1.54, 1.807) is 0 Å². The van der Waals surface area contributed by atoms with Crippen LogP contribution in [0.4, 0.5) is 0 Å². The van der Waals surface area contributed by atoms with Gasteiger partial charge in [-0.1, -0.05) is 34.1 Å². The fraction of sp³-hybridized carbons (Fsp3) is 1.00. The summed E-state index contributed by atoms with van der Waals surface area (Å²) in [6.07, 6.45) is 7.60. The molecule has 1 heteroatoms. The average molecular weight is 236 g/mol. The molecule has 98 valence electrons. The zero-order valence-electron chi connectivity index (χ0n) is 12.0. The van der Waals surface area contributed by atoms with Gasteiger partial charge >= 0.3 is 0 Å². The minimum absolute atomic E-state index is 0.556. The smallest absolute Gasteiger partial charge is 0.0612 e. The highest BCUT2D eigenvalue weighted by Crippen LogP contribution is 2.62. The van der Waals surface area contributed by atoms with Crippen molar-refractivity contribution < 1.29 is 4.74 Å². The maximum absolute atomic E-state index is 6.05. The lowest BCUT2D eigenvalue weighted by Crippen LogP contribution is -2.53. The summed E-state index contributed by atoms with van der Waals surface area (Å²) in [5.74, 6) is 2.54. The Kier molecular flexibility index (Phi) is 2.63. The molecule has 17 heavy (non-hydrogen) atoms. The molecule has 2 saturated carbocycles. The lowest BCUT2D eigenvalue weighted by Gasteiger charge is -2.58. The molecular formula is C16H28O. The largest absolute Gasteiger partial charge is 0.378 e. The second-order valence-corrected chi connectivity index (χ2v) is 7.85. The summed E-state index contributed by atoms with van der Waals surface area (Å²) in [7, 11) is 0. The van der Waals surface area contributed by atoms with Crippen LogP contribution in [0.5, 0.6) is 0 Å². The van der Waals surface area contributed by atoms with Gasteiger partial charge in [-0.15, -0.1) is 0 Å². The minimum atomic E-state index is 0.556. The molecular weight excluding hydrogens is 208 g/mol. The molecule has 0 aromatic rings. The lowest BCUT2D eigenvalue weighted by molar-refractivity contribution is -0.110. The van der Waals surface area contributed by atoms with Crippen LogP contribution in [-0.2, 0) is 4.74 Å². The zero-order valence-corrected chi connectivity index (χ0v) is 12.0. The van der Waals surface area contributed by atoms with Crippen molar-refractivity contribution in [3.8, 4) is 0 Å². The number of hydrogen-bond donors (Lipinski definition) is 0. The van der Waals surface area contributed by atoms with E-state index in [9.17, 15) is 0 Å². The summed E-state index contributed by atoms with van der Waals surface area (Å²) >= 11 is 0. The number of rotatable bonds is 0. The van der Waals surface area contributed by atoms with Crippen LogP contribution in [0, 0.1) is 28.6 Å². The van der Waals surface area contributed by atoms with Gasteiger partial charge in [0.15, 0.2) is 0 Å². The monoisotopic (exact) mass is 236 g/mol. The fourth-order valence-corrected chi connectivity index (χ4v) is 5.80. The van der Waals surface area contributed by atoms with Crippen LogP contribution in [0.3, 0.4) is 0 Å².